The predicted octanol–water partition coefficient (Wildman–Crippen LogP) is -0.437. The van der Waals surface area contributed by atoms with Crippen molar-refractivity contribution in [3.63, 3.8) is 0 Å². The Balaban J connectivity index is 2.43. The Labute approximate surface area is 94.9 Å². The van der Waals surface area contributed by atoms with Gasteiger partial charge in [0.05, 0.1) is 0 Å². The Bertz CT molecular complexity index is 606. The van der Waals surface area contributed by atoms with Gasteiger partial charge in [-0.1, -0.05) is 11.6 Å². The molecular weight excluding hydrogens is 256 g/mol. The Kier molecular flexibility index (Phi) is 2.58. The molecule has 2 rings (SSSR count). The van der Waals surface area contributed by atoms with Crippen LogP contribution < -0.4 is 5.14 Å². The van der Waals surface area contributed by atoms with E-state index < -0.39 is 15.2 Å². The summed E-state index contributed by atoms with van der Waals surface area (Å²) in [6.07, 6.45) is 0. The topological polar surface area (TPSA) is 128 Å². The number of hydrogen-bond donors (Lipinski definition) is 2. The first kappa shape index (κ1) is 10.9. The molecule has 10 heteroatoms. The smallest absolute Gasteiger partial charge is 0.248 e. The number of sulfonamides is 1. The van der Waals surface area contributed by atoms with E-state index in [4.69, 9.17) is 16.7 Å². The minimum Gasteiger partial charge on any atom is -0.248 e. The molecular formula is C6H5ClN6O2S. The van der Waals surface area contributed by atoms with Gasteiger partial charge in [0, 0.05) is 0 Å². The normalized spacial score (nSPS) is 11.6. The summed E-state index contributed by atoms with van der Waals surface area (Å²) in [5.74, 6) is 0.0770. The van der Waals surface area contributed by atoms with Gasteiger partial charge < -0.3 is 0 Å². The van der Waals surface area contributed by atoms with E-state index in [1.54, 1.807) is 0 Å². The maximum atomic E-state index is 10.9. The molecule has 0 aliphatic heterocycles. The molecule has 0 fully saturated rings. The van der Waals surface area contributed by atoms with Crippen molar-refractivity contribution in [3.05, 3.63) is 17.3 Å². The van der Waals surface area contributed by atoms with Gasteiger partial charge in [-0.25, -0.2) is 18.7 Å². The van der Waals surface area contributed by atoms with Crippen LogP contribution in [0.25, 0.3) is 11.5 Å². The molecule has 2 aromatic heterocycles. The van der Waals surface area contributed by atoms with Crippen molar-refractivity contribution in [3.8, 4) is 11.5 Å². The number of halogens is 1. The molecule has 0 atom stereocenters. The number of H-pyrrole nitrogens is 1. The third kappa shape index (κ3) is 2.15. The van der Waals surface area contributed by atoms with E-state index in [1.807, 2.05) is 0 Å². The van der Waals surface area contributed by atoms with E-state index >= 15 is 0 Å². The maximum absolute atomic E-state index is 10.9. The molecule has 3 N–H and O–H groups in total. The first-order chi connectivity index (χ1) is 7.47. The number of nitrogens with one attached hydrogen (secondary N) is 1. The number of primary sulfonamides is 1. The molecule has 0 bridgehead atoms. The highest BCUT2D eigenvalue weighted by molar-refractivity contribution is 7.89. The summed E-state index contributed by atoms with van der Waals surface area (Å²) in [4.78, 5) is 3.66. The first-order valence-electron chi connectivity index (χ1n) is 3.91. The summed E-state index contributed by atoms with van der Waals surface area (Å²) >= 11 is 5.54. The van der Waals surface area contributed by atoms with Crippen molar-refractivity contribution in [2.45, 2.75) is 5.16 Å². The van der Waals surface area contributed by atoms with Gasteiger partial charge in [0.25, 0.3) is 15.2 Å². The van der Waals surface area contributed by atoms with E-state index in [9.17, 15) is 8.42 Å². The largest absolute Gasteiger partial charge is 0.273 e. The van der Waals surface area contributed by atoms with Crippen LogP contribution in [0.1, 0.15) is 0 Å². The van der Waals surface area contributed by atoms with E-state index in [2.05, 4.69) is 25.4 Å². The third-order valence-corrected chi connectivity index (χ3v) is 2.52. The lowest BCUT2D eigenvalue weighted by Gasteiger charge is -1.91. The second-order valence-electron chi connectivity index (χ2n) is 2.75. The van der Waals surface area contributed by atoms with Gasteiger partial charge >= 0.3 is 0 Å². The third-order valence-electron chi connectivity index (χ3n) is 1.60. The number of hydrogen-bond acceptors (Lipinski definition) is 6. The van der Waals surface area contributed by atoms with Gasteiger partial charge in [-0.3, -0.25) is 0 Å². The van der Waals surface area contributed by atoms with Crippen LogP contribution in [-0.2, 0) is 10.0 Å². The summed E-state index contributed by atoms with van der Waals surface area (Å²) in [7, 11) is -3.90. The van der Waals surface area contributed by atoms with Crippen molar-refractivity contribution in [1.82, 2.24) is 25.4 Å². The number of aromatic amines is 1. The fourth-order valence-corrected chi connectivity index (χ4v) is 1.41. The molecule has 0 aromatic carbocycles. The van der Waals surface area contributed by atoms with Gasteiger partial charge in [-0.05, 0) is 12.1 Å². The molecule has 0 radical (unpaired) electrons. The molecule has 16 heavy (non-hydrogen) atoms. The fourth-order valence-electron chi connectivity index (χ4n) is 0.924. The molecule has 0 saturated heterocycles. The van der Waals surface area contributed by atoms with Gasteiger partial charge in [-0.2, -0.15) is 10.1 Å². The Morgan fingerprint density at radius 1 is 1.31 bits per heavy atom. The number of aromatic nitrogens is 5. The summed E-state index contributed by atoms with van der Waals surface area (Å²) < 4.78 is 21.8. The molecule has 0 amide bonds. The van der Waals surface area contributed by atoms with E-state index in [0.717, 1.165) is 0 Å². The molecule has 2 aromatic rings. The predicted molar refractivity (Wildman–Crippen MR) is 53.8 cm³/mol. The number of rotatable bonds is 2. The maximum Gasteiger partial charge on any atom is 0.273 e. The highest BCUT2D eigenvalue weighted by Gasteiger charge is 2.15. The average molecular weight is 261 g/mol. The molecule has 0 aliphatic rings. The van der Waals surface area contributed by atoms with Crippen LogP contribution in [0.4, 0.5) is 0 Å². The van der Waals surface area contributed by atoms with Crippen LogP contribution in [-0.4, -0.2) is 33.8 Å². The molecule has 0 aliphatic carbocycles. The van der Waals surface area contributed by atoms with Crippen LogP contribution in [0.5, 0.6) is 0 Å². The first-order valence-corrected chi connectivity index (χ1v) is 5.84. The van der Waals surface area contributed by atoms with Crippen LogP contribution in [0.2, 0.25) is 5.15 Å². The number of nitrogens with zero attached hydrogens (tertiary/aromatic N) is 4. The Morgan fingerprint density at radius 2 is 2.06 bits per heavy atom. The molecule has 0 saturated carbocycles. The van der Waals surface area contributed by atoms with Crippen molar-refractivity contribution in [2.24, 2.45) is 5.14 Å². The van der Waals surface area contributed by atoms with Gasteiger partial charge in [0.1, 0.15) is 5.69 Å². The zero-order chi connectivity index (χ0) is 11.8. The minimum absolute atomic E-state index is 0.0770. The lowest BCUT2D eigenvalue weighted by Crippen LogP contribution is -2.13. The summed E-state index contributed by atoms with van der Waals surface area (Å²) in [5.41, 5.74) is 0.288. The molecule has 2 heterocycles. The average Bonchev–Trinajstić information content (AvgIpc) is 2.67. The van der Waals surface area contributed by atoms with Crippen molar-refractivity contribution in [1.29, 1.82) is 0 Å². The zero-order valence-electron chi connectivity index (χ0n) is 7.62. The SMILES string of the molecule is NS(=O)(=O)c1nc(-c2ccc(Cl)nn2)n[nH]1. The second-order valence-corrected chi connectivity index (χ2v) is 4.61. The lowest BCUT2D eigenvalue weighted by molar-refractivity contribution is 0.589. The summed E-state index contributed by atoms with van der Waals surface area (Å²) in [6, 6.07) is 2.99. The lowest BCUT2D eigenvalue weighted by atomic mass is 10.4. The van der Waals surface area contributed by atoms with Crippen molar-refractivity contribution >= 4 is 21.6 Å². The van der Waals surface area contributed by atoms with Crippen molar-refractivity contribution < 1.29 is 8.42 Å². The van der Waals surface area contributed by atoms with Crippen LogP contribution in [0.3, 0.4) is 0 Å². The monoisotopic (exact) mass is 260 g/mol. The zero-order valence-corrected chi connectivity index (χ0v) is 9.20. The highest BCUT2D eigenvalue weighted by atomic mass is 35.5. The Hall–Kier alpha value is -1.58. The van der Waals surface area contributed by atoms with Gasteiger partial charge in [0.2, 0.25) is 5.82 Å². The second kappa shape index (κ2) is 3.77. The molecule has 8 nitrogen and oxygen atoms in total. The van der Waals surface area contributed by atoms with Crippen LogP contribution in [0.15, 0.2) is 17.3 Å². The summed E-state index contributed by atoms with van der Waals surface area (Å²) in [5, 5.41) is 17.7. The molecule has 0 unspecified atom stereocenters. The van der Waals surface area contributed by atoms with Crippen molar-refractivity contribution in [2.75, 3.05) is 0 Å². The van der Waals surface area contributed by atoms with Gasteiger partial charge in [-0.15, -0.1) is 10.2 Å². The minimum atomic E-state index is -3.90. The van der Waals surface area contributed by atoms with Crippen LogP contribution >= 0.6 is 11.6 Å². The van der Waals surface area contributed by atoms with E-state index in [-0.39, 0.29) is 16.7 Å². The fraction of sp³-hybridized carbons (Fsp3) is 0. The van der Waals surface area contributed by atoms with E-state index in [1.165, 1.54) is 12.1 Å². The standard InChI is InChI=1S/C6H5ClN6O2S/c7-4-2-1-3(10-11-4)5-9-6(13-12-5)16(8,14)15/h1-2H,(H2,8,14,15)(H,9,12,13). The highest BCUT2D eigenvalue weighted by Crippen LogP contribution is 2.13. The van der Waals surface area contributed by atoms with Crippen LogP contribution in [0, 0.1) is 0 Å². The quantitative estimate of drug-likeness (QED) is 0.753. The number of nitrogens with two attached hydrogens (primary N) is 1. The summed E-state index contributed by atoms with van der Waals surface area (Å²) in [6.45, 7) is 0. The van der Waals surface area contributed by atoms with Gasteiger partial charge in [0.15, 0.2) is 5.15 Å². The Morgan fingerprint density at radius 3 is 2.56 bits per heavy atom. The van der Waals surface area contributed by atoms with E-state index in [0.29, 0.717) is 0 Å². The molecule has 84 valence electrons. The molecule has 0 spiro atoms.